The monoisotopic (exact) mass is 303 g/mol. The van der Waals surface area contributed by atoms with Gasteiger partial charge in [-0.1, -0.05) is 42.5 Å². The van der Waals surface area contributed by atoms with Gasteiger partial charge in [-0.15, -0.1) is 10.2 Å². The number of hydrogen-bond acceptors (Lipinski definition) is 5. The number of rotatable bonds is 3. The summed E-state index contributed by atoms with van der Waals surface area (Å²) in [5.74, 6) is 0.509. The first-order valence-corrected chi connectivity index (χ1v) is 7.19. The van der Waals surface area contributed by atoms with E-state index >= 15 is 0 Å². The van der Waals surface area contributed by atoms with Crippen molar-refractivity contribution in [2.24, 2.45) is 12.0 Å². The number of hydrogen-bond donors (Lipinski definition) is 0. The van der Waals surface area contributed by atoms with Crippen LogP contribution in [0.25, 0.3) is 6.08 Å². The predicted octanol–water partition coefficient (Wildman–Crippen LogP) is 0.380. The van der Waals surface area contributed by atoms with Crippen molar-refractivity contribution in [3.8, 4) is 0 Å². The van der Waals surface area contributed by atoms with Crippen LogP contribution in [0.15, 0.2) is 53.5 Å². The first kappa shape index (κ1) is 13.5. The molecular formula is C17H13N5O. The summed E-state index contributed by atoms with van der Waals surface area (Å²) in [7, 11) is 1.72. The number of aryl methyl sites for hydroxylation is 1. The number of para-hydroxylation sites is 1. The number of aromatic nitrogens is 4. The van der Waals surface area contributed by atoms with E-state index in [2.05, 4.69) is 15.4 Å². The predicted molar refractivity (Wildman–Crippen MR) is 83.1 cm³/mol. The molecule has 6 heteroatoms. The summed E-state index contributed by atoms with van der Waals surface area (Å²) in [6, 6.07) is 15.2. The molecule has 6 nitrogen and oxygen atoms in total. The Morgan fingerprint density at radius 3 is 2.52 bits per heavy atom. The van der Waals surface area contributed by atoms with Crippen molar-refractivity contribution in [2.75, 3.05) is 0 Å². The van der Waals surface area contributed by atoms with Gasteiger partial charge in [0.05, 0.1) is 12.4 Å². The Bertz CT molecular complexity index is 969. The Balaban J connectivity index is 1.99. The SMILES string of the molecule is Cn1nnc(C2(c3ccc(C=O)cc3)C=c3ccccc3=N2)n1. The topological polar surface area (TPSA) is 73.0 Å². The Morgan fingerprint density at radius 2 is 1.87 bits per heavy atom. The molecule has 0 N–H and O–H groups in total. The zero-order valence-corrected chi connectivity index (χ0v) is 12.4. The van der Waals surface area contributed by atoms with Gasteiger partial charge >= 0.3 is 0 Å². The Kier molecular flexibility index (Phi) is 2.90. The summed E-state index contributed by atoms with van der Waals surface area (Å²) in [6.45, 7) is 0. The standard InChI is InChI=1S/C17H13N5O/c1-22-20-16(19-21-22)17(14-8-6-12(11-23)7-9-14)10-13-4-2-3-5-15(13)18-17/h2-11H,1H3. The highest BCUT2D eigenvalue weighted by Gasteiger charge is 2.38. The minimum Gasteiger partial charge on any atom is -0.298 e. The number of aldehydes is 1. The van der Waals surface area contributed by atoms with Gasteiger partial charge in [0.2, 0.25) is 5.82 Å². The lowest BCUT2D eigenvalue weighted by Gasteiger charge is -2.21. The molecular weight excluding hydrogens is 290 g/mol. The second kappa shape index (κ2) is 4.95. The quantitative estimate of drug-likeness (QED) is 0.656. The summed E-state index contributed by atoms with van der Waals surface area (Å²) in [4.78, 5) is 17.2. The van der Waals surface area contributed by atoms with Crippen LogP contribution in [0.2, 0.25) is 0 Å². The second-order valence-electron chi connectivity index (χ2n) is 5.42. The van der Waals surface area contributed by atoms with Gasteiger partial charge < -0.3 is 0 Å². The molecule has 1 aliphatic rings. The zero-order chi connectivity index (χ0) is 15.9. The average molecular weight is 303 g/mol. The van der Waals surface area contributed by atoms with Crippen molar-refractivity contribution in [3.05, 3.63) is 76.1 Å². The third-order valence-electron chi connectivity index (χ3n) is 3.93. The molecule has 112 valence electrons. The molecule has 0 bridgehead atoms. The number of carbonyl (C=O) groups is 1. The van der Waals surface area contributed by atoms with Crippen LogP contribution in [0.3, 0.4) is 0 Å². The molecule has 0 amide bonds. The summed E-state index contributed by atoms with van der Waals surface area (Å²) in [5.41, 5.74) is 0.693. The van der Waals surface area contributed by atoms with E-state index in [4.69, 9.17) is 4.99 Å². The van der Waals surface area contributed by atoms with Crippen molar-refractivity contribution in [1.29, 1.82) is 0 Å². The molecule has 1 unspecified atom stereocenters. The van der Waals surface area contributed by atoms with Gasteiger partial charge in [0, 0.05) is 5.56 Å². The van der Waals surface area contributed by atoms with Crippen molar-refractivity contribution in [2.45, 2.75) is 5.54 Å². The van der Waals surface area contributed by atoms with Crippen molar-refractivity contribution in [3.63, 3.8) is 0 Å². The van der Waals surface area contributed by atoms with Gasteiger partial charge in [-0.25, -0.2) is 0 Å². The fourth-order valence-electron chi connectivity index (χ4n) is 2.80. The third-order valence-corrected chi connectivity index (χ3v) is 3.93. The van der Waals surface area contributed by atoms with Crippen LogP contribution >= 0.6 is 0 Å². The molecule has 1 aliphatic heterocycles. The maximum atomic E-state index is 10.9. The number of carbonyl (C=O) groups excluding carboxylic acids is 1. The number of benzene rings is 2. The van der Waals surface area contributed by atoms with Crippen LogP contribution in [-0.2, 0) is 12.6 Å². The van der Waals surface area contributed by atoms with Gasteiger partial charge in [0.15, 0.2) is 5.54 Å². The Labute approximate surface area is 131 Å². The summed E-state index contributed by atoms with van der Waals surface area (Å²) < 4.78 is 0. The van der Waals surface area contributed by atoms with Gasteiger partial charge in [-0.3, -0.25) is 9.79 Å². The van der Waals surface area contributed by atoms with Crippen LogP contribution in [0.4, 0.5) is 0 Å². The van der Waals surface area contributed by atoms with Crippen molar-refractivity contribution in [1.82, 2.24) is 20.2 Å². The smallest absolute Gasteiger partial charge is 0.210 e. The van der Waals surface area contributed by atoms with E-state index < -0.39 is 5.54 Å². The van der Waals surface area contributed by atoms with Crippen LogP contribution in [0, 0.1) is 0 Å². The van der Waals surface area contributed by atoms with E-state index in [1.54, 1.807) is 19.2 Å². The normalized spacial score (nSPS) is 18.8. The fraction of sp³-hybridized carbons (Fsp3) is 0.118. The molecule has 1 atom stereocenters. The van der Waals surface area contributed by atoms with Crippen molar-refractivity contribution >= 4 is 12.4 Å². The molecule has 3 aromatic rings. The van der Waals surface area contributed by atoms with Crippen LogP contribution in [0.1, 0.15) is 21.7 Å². The molecule has 2 aromatic carbocycles. The number of fused-ring (bicyclic) bond motifs is 1. The Hall–Kier alpha value is -3.15. The molecule has 2 heterocycles. The maximum Gasteiger partial charge on any atom is 0.210 e. The first-order valence-electron chi connectivity index (χ1n) is 7.19. The third kappa shape index (κ3) is 2.07. The summed E-state index contributed by atoms with van der Waals surface area (Å²) in [5, 5.41) is 14.4. The molecule has 0 fully saturated rings. The van der Waals surface area contributed by atoms with E-state index in [1.165, 1.54) is 4.80 Å². The minimum atomic E-state index is -0.820. The summed E-state index contributed by atoms with van der Waals surface area (Å²) in [6.07, 6.45) is 2.86. The van der Waals surface area contributed by atoms with E-state index in [0.29, 0.717) is 11.4 Å². The molecule has 0 saturated carbocycles. The lowest BCUT2D eigenvalue weighted by atomic mass is 9.89. The molecule has 0 aliphatic carbocycles. The Morgan fingerprint density at radius 1 is 1.09 bits per heavy atom. The lowest BCUT2D eigenvalue weighted by Crippen LogP contribution is -2.24. The molecule has 0 saturated heterocycles. The van der Waals surface area contributed by atoms with E-state index in [9.17, 15) is 4.79 Å². The largest absolute Gasteiger partial charge is 0.298 e. The molecule has 0 spiro atoms. The highest BCUT2D eigenvalue weighted by molar-refractivity contribution is 5.75. The van der Waals surface area contributed by atoms with Crippen molar-refractivity contribution < 1.29 is 4.79 Å². The number of nitrogens with zero attached hydrogens (tertiary/aromatic N) is 5. The van der Waals surface area contributed by atoms with E-state index in [-0.39, 0.29) is 0 Å². The minimum absolute atomic E-state index is 0.509. The van der Waals surface area contributed by atoms with E-state index in [0.717, 1.165) is 22.4 Å². The highest BCUT2D eigenvalue weighted by Crippen LogP contribution is 2.34. The maximum absolute atomic E-state index is 10.9. The van der Waals surface area contributed by atoms with E-state index in [1.807, 2.05) is 42.5 Å². The van der Waals surface area contributed by atoms with Crippen LogP contribution in [0.5, 0.6) is 0 Å². The molecule has 4 rings (SSSR count). The fourth-order valence-corrected chi connectivity index (χ4v) is 2.80. The van der Waals surface area contributed by atoms with Gasteiger partial charge in [-0.2, -0.15) is 4.80 Å². The molecule has 0 radical (unpaired) electrons. The van der Waals surface area contributed by atoms with Gasteiger partial charge in [0.1, 0.15) is 6.29 Å². The second-order valence-corrected chi connectivity index (χ2v) is 5.42. The summed E-state index contributed by atoms with van der Waals surface area (Å²) >= 11 is 0. The first-order chi connectivity index (χ1) is 11.2. The van der Waals surface area contributed by atoms with Crippen LogP contribution < -0.4 is 10.6 Å². The van der Waals surface area contributed by atoms with Gasteiger partial charge in [0.25, 0.3) is 0 Å². The lowest BCUT2D eigenvalue weighted by molar-refractivity contribution is 0.112. The molecule has 23 heavy (non-hydrogen) atoms. The number of tetrazole rings is 1. The van der Waals surface area contributed by atoms with Gasteiger partial charge in [-0.05, 0) is 28.1 Å². The molecule has 1 aromatic heterocycles. The average Bonchev–Trinajstić information content (AvgIpc) is 3.19. The van der Waals surface area contributed by atoms with Crippen LogP contribution in [-0.4, -0.2) is 26.5 Å². The highest BCUT2D eigenvalue weighted by atomic mass is 16.1. The zero-order valence-electron chi connectivity index (χ0n) is 12.4.